The first-order valence-electron chi connectivity index (χ1n) is 6.92. The van der Waals surface area contributed by atoms with Crippen LogP contribution in [0.3, 0.4) is 0 Å². The topological polar surface area (TPSA) is 63.6 Å². The zero-order valence-electron chi connectivity index (χ0n) is 12.3. The van der Waals surface area contributed by atoms with Crippen LogP contribution in [0.4, 0.5) is 0 Å². The molecular weight excluding hydrogens is 244 g/mol. The summed E-state index contributed by atoms with van der Waals surface area (Å²) in [7, 11) is 0. The van der Waals surface area contributed by atoms with Gasteiger partial charge >= 0.3 is 11.9 Å². The van der Waals surface area contributed by atoms with Gasteiger partial charge in [0, 0.05) is 12.8 Å². The lowest BCUT2D eigenvalue weighted by Crippen LogP contribution is -2.09. The summed E-state index contributed by atoms with van der Waals surface area (Å²) in [5, 5.41) is 8.44. The Morgan fingerprint density at radius 1 is 1.21 bits per heavy atom. The van der Waals surface area contributed by atoms with Gasteiger partial charge in [-0.25, -0.2) is 0 Å². The van der Waals surface area contributed by atoms with E-state index in [2.05, 4.69) is 26.8 Å². The van der Waals surface area contributed by atoms with Crippen LogP contribution in [0.5, 0.6) is 0 Å². The number of ether oxygens (including phenoxy) is 1. The smallest absolute Gasteiger partial charge is 0.305 e. The van der Waals surface area contributed by atoms with E-state index in [9.17, 15) is 9.59 Å². The van der Waals surface area contributed by atoms with Crippen LogP contribution in [0, 0.1) is 5.92 Å². The molecule has 0 radical (unpaired) electrons. The summed E-state index contributed by atoms with van der Waals surface area (Å²) in [5.74, 6) is -0.638. The van der Waals surface area contributed by atoms with E-state index >= 15 is 0 Å². The number of carboxylic acids is 1. The second-order valence-electron chi connectivity index (χ2n) is 5.22. The molecule has 0 aliphatic carbocycles. The van der Waals surface area contributed by atoms with Crippen LogP contribution in [-0.4, -0.2) is 23.7 Å². The fourth-order valence-corrected chi connectivity index (χ4v) is 1.63. The minimum atomic E-state index is -0.874. The van der Waals surface area contributed by atoms with Gasteiger partial charge in [-0.15, -0.1) is 0 Å². The van der Waals surface area contributed by atoms with Crippen molar-refractivity contribution in [2.24, 2.45) is 5.92 Å². The molecule has 0 aromatic heterocycles. The fraction of sp³-hybridized carbons (Fsp3) is 0.733. The minimum Gasteiger partial charge on any atom is -0.481 e. The van der Waals surface area contributed by atoms with Crippen LogP contribution in [-0.2, 0) is 14.3 Å². The van der Waals surface area contributed by atoms with Gasteiger partial charge in [0.25, 0.3) is 0 Å². The van der Waals surface area contributed by atoms with Gasteiger partial charge in [-0.05, 0) is 45.4 Å². The van der Waals surface area contributed by atoms with Crippen LogP contribution in [0.25, 0.3) is 0 Å². The summed E-state index contributed by atoms with van der Waals surface area (Å²) < 4.78 is 5.07. The lowest BCUT2D eigenvalue weighted by molar-refractivity contribution is -0.144. The molecule has 0 saturated carbocycles. The first-order valence-corrected chi connectivity index (χ1v) is 6.92. The third-order valence-electron chi connectivity index (χ3n) is 2.86. The molecule has 1 atom stereocenters. The number of hydrogen-bond acceptors (Lipinski definition) is 3. The predicted molar refractivity (Wildman–Crippen MR) is 74.9 cm³/mol. The van der Waals surface area contributed by atoms with Crippen molar-refractivity contribution in [2.75, 3.05) is 6.61 Å². The van der Waals surface area contributed by atoms with E-state index in [-0.39, 0.29) is 18.8 Å². The Kier molecular flexibility index (Phi) is 9.85. The van der Waals surface area contributed by atoms with Crippen LogP contribution in [0.2, 0.25) is 0 Å². The average Bonchev–Trinajstić information content (AvgIpc) is 2.27. The SMILES string of the molecule is CC(C)=CCCC(C)CCOC(=O)CCCC(=O)O. The molecule has 0 spiro atoms. The molecule has 110 valence electrons. The normalized spacial score (nSPS) is 11.7. The number of hydrogen-bond donors (Lipinski definition) is 1. The molecule has 0 saturated heterocycles. The predicted octanol–water partition coefficient (Wildman–Crippen LogP) is 3.56. The van der Waals surface area contributed by atoms with Crippen molar-refractivity contribution in [3.8, 4) is 0 Å². The zero-order valence-corrected chi connectivity index (χ0v) is 12.3. The van der Waals surface area contributed by atoms with Crippen molar-refractivity contribution in [2.45, 2.75) is 59.3 Å². The molecule has 0 aromatic carbocycles. The molecule has 4 heteroatoms. The third kappa shape index (κ3) is 12.9. The van der Waals surface area contributed by atoms with E-state index in [0.29, 0.717) is 18.9 Å². The second-order valence-corrected chi connectivity index (χ2v) is 5.22. The van der Waals surface area contributed by atoms with Crippen molar-refractivity contribution in [3.05, 3.63) is 11.6 Å². The monoisotopic (exact) mass is 270 g/mol. The van der Waals surface area contributed by atoms with Crippen molar-refractivity contribution >= 4 is 11.9 Å². The minimum absolute atomic E-state index is 0.0220. The summed E-state index contributed by atoms with van der Waals surface area (Å²) in [4.78, 5) is 21.6. The van der Waals surface area contributed by atoms with E-state index in [0.717, 1.165) is 19.3 Å². The van der Waals surface area contributed by atoms with Crippen molar-refractivity contribution in [1.82, 2.24) is 0 Å². The van der Waals surface area contributed by atoms with E-state index in [1.54, 1.807) is 0 Å². The summed E-state index contributed by atoms with van der Waals surface area (Å²) in [6, 6.07) is 0. The molecule has 0 heterocycles. The fourth-order valence-electron chi connectivity index (χ4n) is 1.63. The zero-order chi connectivity index (χ0) is 14.7. The Balaban J connectivity index is 3.53. The highest BCUT2D eigenvalue weighted by molar-refractivity contribution is 5.71. The van der Waals surface area contributed by atoms with Gasteiger partial charge in [-0.1, -0.05) is 18.6 Å². The number of rotatable bonds is 10. The highest BCUT2D eigenvalue weighted by Crippen LogP contribution is 2.12. The number of esters is 1. The summed E-state index contributed by atoms with van der Waals surface area (Å²) in [6.07, 6.45) is 5.81. The Bertz CT molecular complexity index is 303. The maximum atomic E-state index is 11.3. The van der Waals surface area contributed by atoms with Gasteiger partial charge in [-0.2, -0.15) is 0 Å². The number of aliphatic carboxylic acids is 1. The number of carboxylic acid groups (broad SMARTS) is 1. The van der Waals surface area contributed by atoms with Crippen LogP contribution in [0.1, 0.15) is 59.3 Å². The molecule has 1 N–H and O–H groups in total. The molecule has 0 aromatic rings. The molecule has 0 amide bonds. The lowest BCUT2D eigenvalue weighted by atomic mass is 10.0. The lowest BCUT2D eigenvalue weighted by Gasteiger charge is -2.10. The maximum absolute atomic E-state index is 11.3. The van der Waals surface area contributed by atoms with Crippen LogP contribution < -0.4 is 0 Å². The molecule has 0 aliphatic heterocycles. The van der Waals surface area contributed by atoms with Gasteiger partial charge in [0.05, 0.1) is 6.61 Å². The number of allylic oxidation sites excluding steroid dienone is 2. The number of carbonyl (C=O) groups is 2. The summed E-state index contributed by atoms with van der Waals surface area (Å²) in [5.41, 5.74) is 1.33. The van der Waals surface area contributed by atoms with Gasteiger partial charge < -0.3 is 9.84 Å². The maximum Gasteiger partial charge on any atom is 0.305 e. The quantitative estimate of drug-likeness (QED) is 0.487. The van der Waals surface area contributed by atoms with E-state index in [1.165, 1.54) is 5.57 Å². The summed E-state index contributed by atoms with van der Waals surface area (Å²) >= 11 is 0. The van der Waals surface area contributed by atoms with Gasteiger partial charge in [-0.3, -0.25) is 9.59 Å². The first-order chi connectivity index (χ1) is 8.91. The highest BCUT2D eigenvalue weighted by Gasteiger charge is 2.06. The second kappa shape index (κ2) is 10.6. The molecule has 0 aliphatic rings. The largest absolute Gasteiger partial charge is 0.481 e. The molecule has 0 bridgehead atoms. The van der Waals surface area contributed by atoms with Gasteiger partial charge in [0.2, 0.25) is 0 Å². The summed E-state index contributed by atoms with van der Waals surface area (Å²) in [6.45, 7) is 6.76. The number of carbonyl (C=O) groups excluding carboxylic acids is 1. The van der Waals surface area contributed by atoms with Crippen molar-refractivity contribution in [1.29, 1.82) is 0 Å². The van der Waals surface area contributed by atoms with E-state index < -0.39 is 5.97 Å². The van der Waals surface area contributed by atoms with Crippen LogP contribution >= 0.6 is 0 Å². The third-order valence-corrected chi connectivity index (χ3v) is 2.86. The average molecular weight is 270 g/mol. The van der Waals surface area contributed by atoms with Crippen LogP contribution in [0.15, 0.2) is 11.6 Å². The molecule has 0 fully saturated rings. The van der Waals surface area contributed by atoms with E-state index in [4.69, 9.17) is 9.84 Å². The molecular formula is C15H26O4. The standard InChI is InChI=1S/C15H26O4/c1-12(2)6-4-7-13(3)10-11-19-15(18)9-5-8-14(16)17/h6,13H,4-5,7-11H2,1-3H3,(H,16,17). The van der Waals surface area contributed by atoms with Gasteiger partial charge in [0.1, 0.15) is 0 Å². The Morgan fingerprint density at radius 2 is 1.89 bits per heavy atom. The van der Waals surface area contributed by atoms with Gasteiger partial charge in [0.15, 0.2) is 0 Å². The Labute approximate surface area is 115 Å². The molecule has 19 heavy (non-hydrogen) atoms. The Hall–Kier alpha value is -1.32. The molecule has 1 unspecified atom stereocenters. The first kappa shape index (κ1) is 17.7. The molecule has 4 nitrogen and oxygen atoms in total. The van der Waals surface area contributed by atoms with Crippen molar-refractivity contribution in [3.63, 3.8) is 0 Å². The molecule has 0 rings (SSSR count). The van der Waals surface area contributed by atoms with E-state index in [1.807, 2.05) is 0 Å². The highest BCUT2D eigenvalue weighted by atomic mass is 16.5. The Morgan fingerprint density at radius 3 is 2.47 bits per heavy atom. The van der Waals surface area contributed by atoms with Crippen molar-refractivity contribution < 1.29 is 19.4 Å².